The van der Waals surface area contributed by atoms with Gasteiger partial charge in [-0.3, -0.25) is 19.3 Å². The largest absolute Gasteiger partial charge is 0.393 e. The summed E-state index contributed by atoms with van der Waals surface area (Å²) in [6, 6.07) is 6.16. The van der Waals surface area contributed by atoms with Crippen LogP contribution in [-0.2, 0) is 4.79 Å². The summed E-state index contributed by atoms with van der Waals surface area (Å²) in [4.78, 5) is 43.5. The molecule has 8 nitrogen and oxygen atoms in total. The zero-order valence-electron chi connectivity index (χ0n) is 17.7. The number of ketones is 2. The van der Waals surface area contributed by atoms with Gasteiger partial charge in [0.2, 0.25) is 17.5 Å². The molecular weight excluding hydrogens is 398 g/mol. The average molecular weight is 428 g/mol. The Morgan fingerprint density at radius 3 is 2.03 bits per heavy atom. The lowest BCUT2D eigenvalue weighted by atomic mass is 9.88. The molecule has 0 spiro atoms. The standard InChI is InChI=1S/C23H29N3O5/c1-14(25-10-6-15(27)7-11-25)23(31)24-19-20(26-12-8-16(28)9-13-26)22(30)18-5-3-2-4-17(18)21(19)29/h2-5,14-16,27-28H,6-13H2,1H3,(H,24,31). The van der Waals surface area contributed by atoms with Crippen LogP contribution in [0.1, 0.15) is 53.3 Å². The summed E-state index contributed by atoms with van der Waals surface area (Å²) in [5.74, 6) is -0.997. The Kier molecular flexibility index (Phi) is 6.22. The normalized spacial score (nSPS) is 22.5. The zero-order valence-corrected chi connectivity index (χ0v) is 17.7. The lowest BCUT2D eigenvalue weighted by Crippen LogP contribution is -2.51. The Bertz CT molecular complexity index is 912. The predicted octanol–water partition coefficient (Wildman–Crippen LogP) is 0.695. The van der Waals surface area contributed by atoms with E-state index in [1.807, 2.05) is 4.90 Å². The number of nitrogens with one attached hydrogen (secondary N) is 1. The number of carbonyl (C=O) groups is 3. The van der Waals surface area contributed by atoms with Gasteiger partial charge in [0.1, 0.15) is 11.4 Å². The van der Waals surface area contributed by atoms with E-state index in [1.54, 1.807) is 36.1 Å². The first-order chi connectivity index (χ1) is 14.9. The third-order valence-corrected chi connectivity index (χ3v) is 6.55. The van der Waals surface area contributed by atoms with E-state index in [2.05, 4.69) is 5.32 Å². The molecule has 0 saturated carbocycles. The van der Waals surface area contributed by atoms with Crippen LogP contribution in [-0.4, -0.2) is 81.9 Å². The van der Waals surface area contributed by atoms with Crippen molar-refractivity contribution in [2.45, 2.75) is 50.9 Å². The number of carbonyl (C=O) groups excluding carboxylic acids is 3. The zero-order chi connectivity index (χ0) is 22.1. The monoisotopic (exact) mass is 427 g/mol. The second-order valence-electron chi connectivity index (χ2n) is 8.58. The third-order valence-electron chi connectivity index (χ3n) is 6.55. The number of allylic oxidation sites excluding steroid dienone is 2. The van der Waals surface area contributed by atoms with Gasteiger partial charge in [0, 0.05) is 37.3 Å². The van der Waals surface area contributed by atoms with Crippen LogP contribution in [0.2, 0.25) is 0 Å². The number of benzene rings is 1. The van der Waals surface area contributed by atoms with E-state index in [4.69, 9.17) is 0 Å². The molecule has 2 aliphatic heterocycles. The van der Waals surface area contributed by atoms with Gasteiger partial charge in [-0.2, -0.15) is 0 Å². The number of aliphatic hydroxyl groups excluding tert-OH is 2. The lowest BCUT2D eigenvalue weighted by Gasteiger charge is -2.36. The van der Waals surface area contributed by atoms with Crippen LogP contribution in [0.15, 0.2) is 35.7 Å². The summed E-state index contributed by atoms with van der Waals surface area (Å²) in [5.41, 5.74) is 0.862. The molecule has 0 radical (unpaired) electrons. The van der Waals surface area contributed by atoms with E-state index < -0.39 is 12.1 Å². The third kappa shape index (κ3) is 4.28. The lowest BCUT2D eigenvalue weighted by molar-refractivity contribution is -0.126. The molecule has 8 heteroatoms. The Hall–Kier alpha value is -2.55. The van der Waals surface area contributed by atoms with Crippen LogP contribution in [0.3, 0.4) is 0 Å². The molecule has 1 amide bonds. The van der Waals surface area contributed by atoms with E-state index in [0.29, 0.717) is 57.4 Å². The Morgan fingerprint density at radius 2 is 1.45 bits per heavy atom. The molecule has 0 aromatic heterocycles. The summed E-state index contributed by atoms with van der Waals surface area (Å²) < 4.78 is 0. The van der Waals surface area contributed by atoms with Gasteiger partial charge in [-0.1, -0.05) is 24.3 Å². The highest BCUT2D eigenvalue weighted by Crippen LogP contribution is 2.29. The number of nitrogens with zero attached hydrogens (tertiary/aromatic N) is 2. The number of hydrogen-bond donors (Lipinski definition) is 3. The van der Waals surface area contributed by atoms with Crippen molar-refractivity contribution >= 4 is 17.5 Å². The van der Waals surface area contributed by atoms with Gasteiger partial charge in [0.15, 0.2) is 0 Å². The Labute approximate surface area is 181 Å². The fourth-order valence-corrected chi connectivity index (χ4v) is 4.54. The van der Waals surface area contributed by atoms with Gasteiger partial charge in [0.05, 0.1) is 18.2 Å². The van der Waals surface area contributed by atoms with E-state index in [0.717, 1.165) is 0 Å². The Morgan fingerprint density at radius 1 is 0.935 bits per heavy atom. The first-order valence-electron chi connectivity index (χ1n) is 11.0. The topological polar surface area (TPSA) is 110 Å². The van der Waals surface area contributed by atoms with Gasteiger partial charge in [0.25, 0.3) is 0 Å². The molecular formula is C23H29N3O5. The number of amides is 1. The number of likely N-dealkylation sites (tertiary alicyclic amines) is 2. The maximum Gasteiger partial charge on any atom is 0.241 e. The molecule has 1 unspecified atom stereocenters. The van der Waals surface area contributed by atoms with Crippen LogP contribution in [0.5, 0.6) is 0 Å². The molecule has 31 heavy (non-hydrogen) atoms. The number of piperidine rings is 2. The molecule has 1 atom stereocenters. The van der Waals surface area contributed by atoms with E-state index in [-0.39, 0.29) is 40.5 Å². The minimum atomic E-state index is -0.496. The molecule has 2 heterocycles. The van der Waals surface area contributed by atoms with Crippen LogP contribution in [0, 0.1) is 0 Å². The van der Waals surface area contributed by atoms with Gasteiger partial charge >= 0.3 is 0 Å². The molecule has 1 aromatic carbocycles. The summed E-state index contributed by atoms with van der Waals surface area (Å²) >= 11 is 0. The molecule has 3 N–H and O–H groups in total. The summed E-state index contributed by atoms with van der Waals surface area (Å²) in [5, 5.41) is 22.4. The van der Waals surface area contributed by atoms with Crippen molar-refractivity contribution in [2.75, 3.05) is 26.2 Å². The van der Waals surface area contributed by atoms with Gasteiger partial charge in [-0.05, 0) is 32.6 Å². The highest BCUT2D eigenvalue weighted by Gasteiger charge is 2.38. The van der Waals surface area contributed by atoms with Crippen LogP contribution < -0.4 is 5.32 Å². The number of rotatable bonds is 4. The van der Waals surface area contributed by atoms with Crippen molar-refractivity contribution in [3.63, 3.8) is 0 Å². The molecule has 3 aliphatic rings. The van der Waals surface area contributed by atoms with E-state index >= 15 is 0 Å². The highest BCUT2D eigenvalue weighted by atomic mass is 16.3. The van der Waals surface area contributed by atoms with Gasteiger partial charge in [-0.15, -0.1) is 0 Å². The Balaban J connectivity index is 1.63. The first-order valence-corrected chi connectivity index (χ1v) is 11.0. The average Bonchev–Trinajstić information content (AvgIpc) is 2.78. The SMILES string of the molecule is CC(C(=O)NC1=C(N2CCC(O)CC2)C(=O)c2ccccc2C1=O)N1CCC(O)CC1. The van der Waals surface area contributed by atoms with Crippen molar-refractivity contribution in [2.24, 2.45) is 0 Å². The van der Waals surface area contributed by atoms with Crippen molar-refractivity contribution in [1.29, 1.82) is 0 Å². The fraction of sp³-hybridized carbons (Fsp3) is 0.522. The molecule has 4 rings (SSSR count). The molecule has 1 aromatic rings. The molecule has 1 aliphatic carbocycles. The minimum absolute atomic E-state index is 0.0222. The summed E-state index contributed by atoms with van der Waals surface area (Å²) in [6.45, 7) is 3.85. The fourth-order valence-electron chi connectivity index (χ4n) is 4.54. The van der Waals surface area contributed by atoms with Crippen LogP contribution in [0.25, 0.3) is 0 Å². The van der Waals surface area contributed by atoms with Crippen molar-refractivity contribution in [1.82, 2.24) is 15.1 Å². The van der Waals surface area contributed by atoms with Crippen LogP contribution >= 0.6 is 0 Å². The maximum absolute atomic E-state index is 13.3. The van der Waals surface area contributed by atoms with E-state index in [1.165, 1.54) is 0 Å². The maximum atomic E-state index is 13.3. The van der Waals surface area contributed by atoms with Gasteiger partial charge in [-0.25, -0.2) is 0 Å². The van der Waals surface area contributed by atoms with Crippen LogP contribution in [0.4, 0.5) is 0 Å². The predicted molar refractivity (Wildman–Crippen MR) is 113 cm³/mol. The minimum Gasteiger partial charge on any atom is -0.393 e. The number of fused-ring (bicyclic) bond motifs is 1. The van der Waals surface area contributed by atoms with Crippen molar-refractivity contribution in [3.8, 4) is 0 Å². The molecule has 166 valence electrons. The number of hydrogen-bond acceptors (Lipinski definition) is 7. The number of Topliss-reactive ketones (excluding diaryl/α,β-unsaturated/α-hetero) is 2. The quantitative estimate of drug-likeness (QED) is 0.649. The molecule has 2 saturated heterocycles. The second-order valence-corrected chi connectivity index (χ2v) is 8.58. The summed E-state index contributed by atoms with van der Waals surface area (Å²) in [7, 11) is 0. The molecule has 2 fully saturated rings. The second kappa shape index (κ2) is 8.90. The summed E-state index contributed by atoms with van der Waals surface area (Å²) in [6.07, 6.45) is 1.44. The first kappa shape index (κ1) is 21.7. The van der Waals surface area contributed by atoms with Gasteiger partial charge < -0.3 is 20.4 Å². The number of aliphatic hydroxyl groups is 2. The molecule has 0 bridgehead atoms. The van der Waals surface area contributed by atoms with Crippen molar-refractivity contribution in [3.05, 3.63) is 46.8 Å². The van der Waals surface area contributed by atoms with E-state index in [9.17, 15) is 24.6 Å². The highest BCUT2D eigenvalue weighted by molar-refractivity contribution is 6.27. The van der Waals surface area contributed by atoms with Crippen molar-refractivity contribution < 1.29 is 24.6 Å². The smallest absolute Gasteiger partial charge is 0.241 e.